The lowest BCUT2D eigenvalue weighted by atomic mass is 9.90. The van der Waals surface area contributed by atoms with Crippen LogP contribution in [0.4, 0.5) is 0 Å². The van der Waals surface area contributed by atoms with Crippen molar-refractivity contribution in [1.29, 1.82) is 0 Å². The highest BCUT2D eigenvalue weighted by molar-refractivity contribution is 5.73. The van der Waals surface area contributed by atoms with E-state index in [9.17, 15) is 4.79 Å². The van der Waals surface area contributed by atoms with Crippen LogP contribution in [-0.2, 0) is 16.0 Å². The summed E-state index contributed by atoms with van der Waals surface area (Å²) in [6, 6.07) is 20.4. The number of ether oxygens (including phenoxy) is 1. The molecule has 1 unspecified atom stereocenters. The second-order valence-corrected chi connectivity index (χ2v) is 7.34. The third-order valence-corrected chi connectivity index (χ3v) is 5.13. The molecule has 1 saturated heterocycles. The highest BCUT2D eigenvalue weighted by Gasteiger charge is 2.14. The summed E-state index contributed by atoms with van der Waals surface area (Å²) in [5.41, 5.74) is 3.30. The van der Waals surface area contributed by atoms with Crippen LogP contribution in [0.2, 0.25) is 0 Å². The fraction of sp³-hybridized carbons (Fsp3) is 0.296. The summed E-state index contributed by atoms with van der Waals surface area (Å²) < 4.78 is 5.33. The number of piperidine rings is 1. The van der Waals surface area contributed by atoms with Crippen molar-refractivity contribution in [1.82, 2.24) is 5.32 Å². The van der Waals surface area contributed by atoms with Gasteiger partial charge < -0.3 is 10.1 Å². The number of carbonyl (C=O) groups excluding carboxylic acids is 1. The summed E-state index contributed by atoms with van der Waals surface area (Å²) in [4.78, 5) is 11.7. The first kappa shape index (κ1) is 23.4. The quantitative estimate of drug-likeness (QED) is 0.482. The van der Waals surface area contributed by atoms with E-state index in [0.29, 0.717) is 0 Å². The van der Waals surface area contributed by atoms with Gasteiger partial charge in [-0.2, -0.15) is 0 Å². The third-order valence-electron chi connectivity index (χ3n) is 5.13. The molecule has 2 aromatic carbocycles. The lowest BCUT2D eigenvalue weighted by Gasteiger charge is -2.22. The maximum atomic E-state index is 11.7. The molecule has 3 nitrogen and oxygen atoms in total. The summed E-state index contributed by atoms with van der Waals surface area (Å²) in [5.74, 6) is 0.554. The van der Waals surface area contributed by atoms with Crippen LogP contribution in [0, 0.1) is 0 Å². The molecule has 0 spiro atoms. The van der Waals surface area contributed by atoms with E-state index in [-0.39, 0.29) is 18.5 Å². The number of rotatable bonds is 7. The van der Waals surface area contributed by atoms with E-state index in [1.54, 1.807) is 18.2 Å². The normalized spacial score (nSPS) is 15.3. The topological polar surface area (TPSA) is 38.3 Å². The first-order valence-corrected chi connectivity index (χ1v) is 10.6. The molecule has 3 heteroatoms. The van der Waals surface area contributed by atoms with E-state index >= 15 is 0 Å². The predicted molar refractivity (Wildman–Crippen MR) is 125 cm³/mol. The zero-order valence-electron chi connectivity index (χ0n) is 17.9. The Morgan fingerprint density at radius 2 is 1.67 bits per heavy atom. The van der Waals surface area contributed by atoms with Gasteiger partial charge in [-0.25, -0.2) is 0 Å². The summed E-state index contributed by atoms with van der Waals surface area (Å²) in [6.45, 7) is 11.5. The van der Waals surface area contributed by atoms with E-state index in [0.717, 1.165) is 17.1 Å². The average molecular weight is 404 g/mol. The fourth-order valence-electron chi connectivity index (χ4n) is 3.46. The second-order valence-electron chi connectivity index (χ2n) is 7.34. The van der Waals surface area contributed by atoms with Gasteiger partial charge in [0.25, 0.3) is 0 Å². The minimum absolute atomic E-state index is 0.245. The standard InChI is InChI=1S/C16H18O2.C11H15N/c1-4-9-15(5-2)13(3)18-16(17)12-14-10-7-6-8-11-14;1-2-4-10(5-3-1)11-6-8-12-9-7-11/h4-11,13H,1-2,12H2,3H3;1-5,11-12H,6-9H2/b15-9+;. The molecule has 1 aliphatic heterocycles. The number of esters is 1. The van der Waals surface area contributed by atoms with Crippen molar-refractivity contribution in [2.45, 2.75) is 38.2 Å². The predicted octanol–water partition coefficient (Wildman–Crippen LogP) is 5.61. The zero-order valence-corrected chi connectivity index (χ0v) is 17.9. The van der Waals surface area contributed by atoms with Crippen molar-refractivity contribution >= 4 is 5.97 Å². The Bertz CT molecular complexity index is 805. The van der Waals surface area contributed by atoms with E-state index in [2.05, 4.69) is 48.8 Å². The summed E-state index contributed by atoms with van der Waals surface area (Å²) in [6.07, 6.45) is 7.67. The molecule has 0 aliphatic carbocycles. The molecule has 1 N–H and O–H groups in total. The lowest BCUT2D eigenvalue weighted by molar-refractivity contribution is -0.145. The number of hydrogen-bond donors (Lipinski definition) is 1. The third kappa shape index (κ3) is 8.22. The van der Waals surface area contributed by atoms with Crippen molar-refractivity contribution in [2.75, 3.05) is 13.1 Å². The molecule has 1 heterocycles. The minimum Gasteiger partial charge on any atom is -0.458 e. The number of allylic oxidation sites excluding steroid dienone is 2. The highest BCUT2D eigenvalue weighted by atomic mass is 16.5. The van der Waals surface area contributed by atoms with Crippen molar-refractivity contribution in [3.05, 3.63) is 109 Å². The van der Waals surface area contributed by atoms with Crippen molar-refractivity contribution in [2.24, 2.45) is 0 Å². The Morgan fingerprint density at radius 1 is 1.07 bits per heavy atom. The van der Waals surface area contributed by atoms with Crippen molar-refractivity contribution in [3.63, 3.8) is 0 Å². The summed E-state index contributed by atoms with van der Waals surface area (Å²) in [5, 5.41) is 3.38. The van der Waals surface area contributed by atoms with Crippen molar-refractivity contribution < 1.29 is 9.53 Å². The van der Waals surface area contributed by atoms with E-state index in [1.807, 2.05) is 37.3 Å². The summed E-state index contributed by atoms with van der Waals surface area (Å²) >= 11 is 0. The van der Waals surface area contributed by atoms with Crippen LogP contribution in [0.3, 0.4) is 0 Å². The monoisotopic (exact) mass is 403 g/mol. The molecule has 0 saturated carbocycles. The molecular weight excluding hydrogens is 370 g/mol. The number of hydrogen-bond acceptors (Lipinski definition) is 3. The van der Waals surface area contributed by atoms with Gasteiger partial charge in [0.15, 0.2) is 0 Å². The molecule has 2 aromatic rings. The summed E-state index contributed by atoms with van der Waals surface area (Å²) in [7, 11) is 0. The van der Waals surface area contributed by atoms with Gasteiger partial charge in [0.1, 0.15) is 6.10 Å². The van der Waals surface area contributed by atoms with Crippen LogP contribution in [0.15, 0.2) is 97.6 Å². The molecule has 3 rings (SSSR count). The first-order chi connectivity index (χ1) is 14.6. The van der Waals surface area contributed by atoms with Crippen LogP contribution < -0.4 is 5.32 Å². The molecule has 30 heavy (non-hydrogen) atoms. The molecular formula is C27H33NO2. The highest BCUT2D eigenvalue weighted by Crippen LogP contribution is 2.24. The minimum atomic E-state index is -0.309. The molecule has 158 valence electrons. The van der Waals surface area contributed by atoms with Crippen LogP contribution in [0.5, 0.6) is 0 Å². The van der Waals surface area contributed by atoms with E-state index < -0.39 is 0 Å². The van der Waals surface area contributed by atoms with Crippen LogP contribution in [0.1, 0.15) is 36.8 Å². The van der Waals surface area contributed by atoms with Gasteiger partial charge in [-0.3, -0.25) is 4.79 Å². The van der Waals surface area contributed by atoms with Gasteiger partial charge in [-0.05, 0) is 55.5 Å². The lowest BCUT2D eigenvalue weighted by Crippen LogP contribution is -2.26. The SMILES string of the molecule is C=C/C=C(\C=C)C(C)OC(=O)Cc1ccccc1.c1ccc(C2CCNCC2)cc1. The van der Waals surface area contributed by atoms with Crippen LogP contribution >= 0.6 is 0 Å². The Balaban J connectivity index is 0.000000230. The number of nitrogens with one attached hydrogen (secondary N) is 1. The van der Waals surface area contributed by atoms with Gasteiger partial charge in [0.05, 0.1) is 6.42 Å². The molecule has 0 amide bonds. The molecule has 0 radical (unpaired) electrons. The van der Waals surface area contributed by atoms with Gasteiger partial charge in [0.2, 0.25) is 0 Å². The Morgan fingerprint density at radius 3 is 2.23 bits per heavy atom. The molecule has 1 aliphatic rings. The van der Waals surface area contributed by atoms with E-state index in [4.69, 9.17) is 4.74 Å². The van der Waals surface area contributed by atoms with Gasteiger partial charge >= 0.3 is 5.97 Å². The second kappa shape index (κ2) is 13.3. The van der Waals surface area contributed by atoms with Crippen molar-refractivity contribution in [3.8, 4) is 0 Å². The van der Waals surface area contributed by atoms with Gasteiger partial charge in [-0.1, -0.05) is 92.0 Å². The molecule has 0 aromatic heterocycles. The van der Waals surface area contributed by atoms with Gasteiger partial charge in [-0.15, -0.1) is 0 Å². The fourth-order valence-corrected chi connectivity index (χ4v) is 3.46. The Hall–Kier alpha value is -2.91. The zero-order chi connectivity index (χ0) is 21.6. The van der Waals surface area contributed by atoms with E-state index in [1.165, 1.54) is 31.5 Å². The smallest absolute Gasteiger partial charge is 0.310 e. The van der Waals surface area contributed by atoms with Crippen LogP contribution in [-0.4, -0.2) is 25.2 Å². The molecule has 1 atom stereocenters. The maximum absolute atomic E-state index is 11.7. The average Bonchev–Trinajstić information content (AvgIpc) is 2.79. The number of carbonyl (C=O) groups is 1. The largest absolute Gasteiger partial charge is 0.458 e. The number of benzene rings is 2. The Kier molecular flexibility index (Phi) is 10.4. The van der Waals surface area contributed by atoms with Gasteiger partial charge in [0, 0.05) is 0 Å². The molecule has 0 bridgehead atoms. The molecule has 1 fully saturated rings. The first-order valence-electron chi connectivity index (χ1n) is 10.6. The van der Waals surface area contributed by atoms with Crippen LogP contribution in [0.25, 0.3) is 0 Å². The Labute approximate surface area is 181 Å². The maximum Gasteiger partial charge on any atom is 0.310 e.